The molecule has 3 rings (SSSR count). The Hall–Kier alpha value is -3.84. The minimum absolute atomic E-state index is 0.376. The van der Waals surface area contributed by atoms with Gasteiger partial charge in [0.1, 0.15) is 17.1 Å². The van der Waals surface area contributed by atoms with Crippen LogP contribution < -0.4 is 20.5 Å². The number of nitrogens with two attached hydrogens (primary N) is 1. The molecule has 7 heteroatoms. The number of para-hydroxylation sites is 2. The van der Waals surface area contributed by atoms with Crippen LogP contribution in [-0.4, -0.2) is 31.1 Å². The number of primary amides is 1. The zero-order valence-electron chi connectivity index (χ0n) is 17.2. The number of aliphatic hydroxyl groups is 1. The van der Waals surface area contributed by atoms with E-state index >= 15 is 0 Å². The molecule has 0 fully saturated rings. The molecular formula is C24H24N2O5. The summed E-state index contributed by atoms with van der Waals surface area (Å²) in [5.41, 5.74) is 4.63. The van der Waals surface area contributed by atoms with Crippen molar-refractivity contribution >= 4 is 11.8 Å². The number of amides is 2. The second-order valence-corrected chi connectivity index (χ2v) is 6.85. The highest BCUT2D eigenvalue weighted by atomic mass is 16.5. The standard InChI is InChI=1S/C24H24N2O5/c1-30-19-14-8-6-12-17(19)24(29,18-13-7-9-15-20(18)31-2)21(26-23(28)22(25)27)16-10-4-3-5-11-16/h3-15,21,29H,1-2H3,(H2,25,27)(H,26,28)/t21-/m1/s1. The van der Waals surface area contributed by atoms with E-state index < -0.39 is 23.5 Å². The van der Waals surface area contributed by atoms with E-state index in [9.17, 15) is 14.7 Å². The Morgan fingerprint density at radius 3 is 1.74 bits per heavy atom. The van der Waals surface area contributed by atoms with Crippen LogP contribution in [0.4, 0.5) is 0 Å². The molecule has 0 bridgehead atoms. The molecule has 3 aromatic rings. The summed E-state index contributed by atoms with van der Waals surface area (Å²) in [7, 11) is 2.97. The molecule has 0 aliphatic rings. The second-order valence-electron chi connectivity index (χ2n) is 6.85. The predicted octanol–water partition coefficient (Wildman–Crippen LogP) is 2.28. The van der Waals surface area contributed by atoms with Crippen molar-refractivity contribution in [3.8, 4) is 11.5 Å². The van der Waals surface area contributed by atoms with Gasteiger partial charge in [0, 0.05) is 11.1 Å². The van der Waals surface area contributed by atoms with E-state index in [1.54, 1.807) is 72.8 Å². The average Bonchev–Trinajstić information content (AvgIpc) is 2.82. The summed E-state index contributed by atoms with van der Waals surface area (Å²) < 4.78 is 11.0. The fraction of sp³-hybridized carbons (Fsp3) is 0.167. The lowest BCUT2D eigenvalue weighted by Crippen LogP contribution is -2.48. The van der Waals surface area contributed by atoms with Crippen molar-refractivity contribution in [3.63, 3.8) is 0 Å². The smallest absolute Gasteiger partial charge is 0.309 e. The van der Waals surface area contributed by atoms with Gasteiger partial charge in [-0.15, -0.1) is 0 Å². The van der Waals surface area contributed by atoms with Crippen LogP contribution in [0.25, 0.3) is 0 Å². The van der Waals surface area contributed by atoms with Gasteiger partial charge in [0.2, 0.25) is 0 Å². The second kappa shape index (κ2) is 9.32. The Labute approximate surface area is 180 Å². The summed E-state index contributed by atoms with van der Waals surface area (Å²) >= 11 is 0. The van der Waals surface area contributed by atoms with Crippen molar-refractivity contribution < 1.29 is 24.2 Å². The summed E-state index contributed by atoms with van der Waals surface area (Å²) in [5, 5.41) is 15.0. The number of ether oxygens (including phenoxy) is 2. The minimum atomic E-state index is -1.88. The highest BCUT2D eigenvalue weighted by Gasteiger charge is 2.46. The van der Waals surface area contributed by atoms with Crippen molar-refractivity contribution in [2.75, 3.05) is 14.2 Å². The first kappa shape index (κ1) is 21.9. The van der Waals surface area contributed by atoms with Gasteiger partial charge < -0.3 is 25.6 Å². The lowest BCUT2D eigenvalue weighted by Gasteiger charge is -2.39. The van der Waals surface area contributed by atoms with Crippen LogP contribution in [0.3, 0.4) is 0 Å². The van der Waals surface area contributed by atoms with E-state index in [0.717, 1.165) is 0 Å². The summed E-state index contributed by atoms with van der Waals surface area (Å²) in [4.78, 5) is 24.0. The molecule has 0 spiro atoms. The maximum Gasteiger partial charge on any atom is 0.309 e. The molecule has 160 valence electrons. The third-order valence-corrected chi connectivity index (χ3v) is 5.09. The van der Waals surface area contributed by atoms with Crippen molar-refractivity contribution in [2.24, 2.45) is 5.73 Å². The molecule has 1 atom stereocenters. The van der Waals surface area contributed by atoms with E-state index in [1.807, 2.05) is 6.07 Å². The maximum absolute atomic E-state index is 12.4. The zero-order valence-corrected chi connectivity index (χ0v) is 17.2. The van der Waals surface area contributed by atoms with Gasteiger partial charge in [0.15, 0.2) is 0 Å². The van der Waals surface area contributed by atoms with Crippen molar-refractivity contribution in [1.82, 2.24) is 5.32 Å². The van der Waals surface area contributed by atoms with Crippen LogP contribution in [0.2, 0.25) is 0 Å². The fourth-order valence-electron chi connectivity index (χ4n) is 3.65. The minimum Gasteiger partial charge on any atom is -0.496 e. The first-order valence-electron chi connectivity index (χ1n) is 9.58. The first-order chi connectivity index (χ1) is 14.9. The summed E-state index contributed by atoms with van der Waals surface area (Å²) in [6, 6.07) is 21.5. The molecule has 0 radical (unpaired) electrons. The number of nitrogens with one attached hydrogen (secondary N) is 1. The number of methoxy groups -OCH3 is 2. The quantitative estimate of drug-likeness (QED) is 0.508. The molecule has 7 nitrogen and oxygen atoms in total. The highest BCUT2D eigenvalue weighted by Crippen LogP contribution is 2.47. The van der Waals surface area contributed by atoms with E-state index in [1.165, 1.54) is 14.2 Å². The van der Waals surface area contributed by atoms with E-state index in [2.05, 4.69) is 5.32 Å². The van der Waals surface area contributed by atoms with Gasteiger partial charge in [-0.25, -0.2) is 0 Å². The van der Waals surface area contributed by atoms with Gasteiger partial charge in [-0.05, 0) is 17.7 Å². The van der Waals surface area contributed by atoms with Crippen LogP contribution >= 0.6 is 0 Å². The van der Waals surface area contributed by atoms with Crippen LogP contribution in [0.1, 0.15) is 22.7 Å². The molecule has 0 unspecified atom stereocenters. The molecule has 0 aliphatic heterocycles. The molecule has 3 aromatic carbocycles. The van der Waals surface area contributed by atoms with Crippen molar-refractivity contribution in [1.29, 1.82) is 0 Å². The Kier molecular flexibility index (Phi) is 6.57. The fourth-order valence-corrected chi connectivity index (χ4v) is 3.65. The van der Waals surface area contributed by atoms with Crippen LogP contribution in [0, 0.1) is 0 Å². The number of hydrogen-bond acceptors (Lipinski definition) is 5. The summed E-state index contributed by atoms with van der Waals surface area (Å²) in [6.07, 6.45) is 0. The molecule has 0 saturated heterocycles. The number of carbonyl (C=O) groups is 2. The monoisotopic (exact) mass is 420 g/mol. The van der Waals surface area contributed by atoms with E-state index in [-0.39, 0.29) is 0 Å². The first-order valence-corrected chi connectivity index (χ1v) is 9.58. The molecule has 31 heavy (non-hydrogen) atoms. The van der Waals surface area contributed by atoms with Gasteiger partial charge in [0.25, 0.3) is 0 Å². The number of rotatable bonds is 7. The third kappa shape index (κ3) is 4.22. The predicted molar refractivity (Wildman–Crippen MR) is 116 cm³/mol. The van der Waals surface area contributed by atoms with Gasteiger partial charge in [-0.1, -0.05) is 66.7 Å². The van der Waals surface area contributed by atoms with Crippen LogP contribution in [0.5, 0.6) is 11.5 Å². The topological polar surface area (TPSA) is 111 Å². The molecule has 0 aromatic heterocycles. The van der Waals surface area contributed by atoms with E-state index in [0.29, 0.717) is 28.2 Å². The molecule has 4 N–H and O–H groups in total. The van der Waals surface area contributed by atoms with Crippen LogP contribution in [0.15, 0.2) is 78.9 Å². The normalized spacial score (nSPS) is 12.0. The van der Waals surface area contributed by atoms with Crippen molar-refractivity contribution in [2.45, 2.75) is 11.6 Å². The molecule has 0 saturated carbocycles. The number of hydrogen-bond donors (Lipinski definition) is 3. The molecule has 2 amide bonds. The third-order valence-electron chi connectivity index (χ3n) is 5.09. The van der Waals surface area contributed by atoms with Gasteiger partial charge >= 0.3 is 11.8 Å². The Morgan fingerprint density at radius 2 is 1.29 bits per heavy atom. The Balaban J connectivity index is 2.36. The highest BCUT2D eigenvalue weighted by molar-refractivity contribution is 6.34. The SMILES string of the molecule is COc1ccccc1C(O)(c1ccccc1OC)[C@H](NC(=O)C(N)=O)c1ccccc1. The van der Waals surface area contributed by atoms with Crippen molar-refractivity contribution in [3.05, 3.63) is 95.6 Å². The Morgan fingerprint density at radius 1 is 0.839 bits per heavy atom. The van der Waals surface area contributed by atoms with Gasteiger partial charge in [0.05, 0.1) is 20.3 Å². The molecular weight excluding hydrogens is 396 g/mol. The largest absolute Gasteiger partial charge is 0.496 e. The van der Waals surface area contributed by atoms with Crippen LogP contribution in [-0.2, 0) is 15.2 Å². The summed E-state index contributed by atoms with van der Waals surface area (Å²) in [6.45, 7) is 0. The molecule has 0 aliphatic carbocycles. The van der Waals surface area contributed by atoms with E-state index in [4.69, 9.17) is 15.2 Å². The Bertz CT molecular complexity index is 1020. The number of carbonyl (C=O) groups excluding carboxylic acids is 2. The average molecular weight is 420 g/mol. The zero-order chi connectivity index (χ0) is 22.4. The lowest BCUT2D eigenvalue weighted by molar-refractivity contribution is -0.138. The number of benzene rings is 3. The maximum atomic E-state index is 12.4. The lowest BCUT2D eigenvalue weighted by atomic mass is 9.76. The van der Waals surface area contributed by atoms with Gasteiger partial charge in [-0.3, -0.25) is 9.59 Å². The van der Waals surface area contributed by atoms with Gasteiger partial charge in [-0.2, -0.15) is 0 Å². The molecule has 0 heterocycles. The summed E-state index contributed by atoms with van der Waals surface area (Å²) in [5.74, 6) is -1.41.